The Labute approximate surface area is 415 Å². The number of benzene rings is 3. The largest absolute Gasteiger partial charge is 0.573 e. The van der Waals surface area contributed by atoms with Crippen molar-refractivity contribution in [2.75, 3.05) is 66.0 Å². The number of carbonyl (C=O) groups is 4. The molecule has 18 heteroatoms. The molecule has 10 atom stereocenters. The van der Waals surface area contributed by atoms with E-state index in [1.54, 1.807) is 7.11 Å². The molecule has 1 saturated carbocycles. The van der Waals surface area contributed by atoms with E-state index in [1.165, 1.54) is 33.3 Å². The zero-order valence-corrected chi connectivity index (χ0v) is 41.6. The van der Waals surface area contributed by atoms with Crippen LogP contribution in [0.5, 0.6) is 11.5 Å². The van der Waals surface area contributed by atoms with Gasteiger partial charge < -0.3 is 48.9 Å². The van der Waals surface area contributed by atoms with Crippen molar-refractivity contribution in [1.82, 2.24) is 20.1 Å². The highest BCUT2D eigenvalue weighted by atomic mass is 19.4. The van der Waals surface area contributed by atoms with E-state index in [1.807, 2.05) is 74.3 Å². The van der Waals surface area contributed by atoms with Gasteiger partial charge in [0, 0.05) is 96.5 Å². The van der Waals surface area contributed by atoms with Gasteiger partial charge in [-0.25, -0.2) is 4.79 Å². The number of fused-ring (bicyclic) bond motifs is 6. The molecule has 10 rings (SSSR count). The monoisotopic (exact) mass is 997 g/mol. The number of carbonyl (C=O) groups excluding carboxylic acids is 4. The van der Waals surface area contributed by atoms with E-state index in [-0.39, 0.29) is 17.9 Å². The van der Waals surface area contributed by atoms with Crippen LogP contribution in [0.2, 0.25) is 0 Å². The number of alkyl halides is 3. The van der Waals surface area contributed by atoms with Gasteiger partial charge in [-0.3, -0.25) is 19.3 Å². The lowest BCUT2D eigenvalue weighted by Gasteiger charge is -2.63. The Kier molecular flexibility index (Phi) is 12.1. The number of esters is 3. The Hall–Kier alpha value is -6.11. The minimum atomic E-state index is -4.89. The van der Waals surface area contributed by atoms with Crippen LogP contribution in [-0.4, -0.2) is 140 Å². The molecule has 3 N–H and O–H groups in total. The summed E-state index contributed by atoms with van der Waals surface area (Å²) in [6, 6.07) is 15.3. The second-order valence-corrected chi connectivity index (χ2v) is 20.8. The molecule has 3 aromatic carbocycles. The highest BCUT2D eigenvalue weighted by molar-refractivity contribution is 5.96. The average Bonchev–Trinajstić information content (AvgIpc) is 4.02. The fraction of sp³-hybridized carbons (Fsp3) is 0.519. The predicted octanol–water partition coefficient (Wildman–Crippen LogP) is 6.33. The molecule has 5 aliphatic heterocycles. The van der Waals surface area contributed by atoms with E-state index in [4.69, 9.17) is 18.9 Å². The number of ether oxygens (including phenoxy) is 5. The third-order valence-corrected chi connectivity index (χ3v) is 17.4. The van der Waals surface area contributed by atoms with Crippen molar-refractivity contribution >= 4 is 40.4 Å². The molecule has 2 saturated heterocycles. The maximum absolute atomic E-state index is 15.7. The Bertz CT molecular complexity index is 2870. The molecule has 6 aliphatic rings. The maximum atomic E-state index is 15.7. The van der Waals surface area contributed by atoms with Crippen molar-refractivity contribution in [3.8, 4) is 11.5 Å². The molecule has 1 spiro atoms. The lowest BCUT2D eigenvalue weighted by Crippen LogP contribution is -2.81. The second-order valence-electron chi connectivity index (χ2n) is 20.8. The third kappa shape index (κ3) is 7.16. The molecule has 1 unspecified atom stereocenters. The first kappa shape index (κ1) is 49.5. The minimum absolute atomic E-state index is 0.165. The van der Waals surface area contributed by atoms with E-state index in [0.29, 0.717) is 87.5 Å². The van der Waals surface area contributed by atoms with Gasteiger partial charge in [-0.15, -0.1) is 13.2 Å². The van der Waals surface area contributed by atoms with E-state index in [2.05, 4.69) is 24.8 Å². The quantitative estimate of drug-likeness (QED) is 0.0916. The number of anilines is 1. The molecule has 3 fully saturated rings. The minimum Gasteiger partial charge on any atom is -0.496 e. The number of aliphatic hydroxyl groups is 1. The average molecular weight is 998 g/mol. The first-order valence-corrected chi connectivity index (χ1v) is 24.7. The molecule has 1 aliphatic carbocycles. The Morgan fingerprint density at radius 1 is 0.917 bits per heavy atom. The molecular weight excluding hydrogens is 936 g/mol. The van der Waals surface area contributed by atoms with E-state index in [9.17, 15) is 32.7 Å². The number of piperidine rings is 1. The standard InChI is InChI=1S/C54H62F3N5O10/c1-8-49(59-43(64)33-15-17-34(18-16-33)72-54(55,56)57)27-32-28-52(47(65)69-6,42-36(19-23-61(29-32)30-49)35-13-10-11-14-39(35)58-42)38-25-37-40(26-41(38)68-5)60(4)45-51(37)21-24-62-22-12-20-50(9-2,44(51)62)46(71-31(3)63)53(45,67)48(66)70-7/h10-18,20,25-26,32,44-46,58,67H,8-9,19,21-24,27-30H2,1-7H3,(H,59,64)/t32-,44+,45-,46-,49+,50-,51-,52+,53+/m1/s1. The van der Waals surface area contributed by atoms with Gasteiger partial charge in [-0.05, 0) is 98.5 Å². The molecule has 2 bridgehead atoms. The second kappa shape index (κ2) is 17.5. The predicted molar refractivity (Wildman–Crippen MR) is 259 cm³/mol. The topological polar surface area (TPSA) is 172 Å². The molecule has 15 nitrogen and oxygen atoms in total. The zero-order valence-electron chi connectivity index (χ0n) is 41.6. The van der Waals surface area contributed by atoms with Gasteiger partial charge in [0.1, 0.15) is 16.9 Å². The number of halogens is 3. The van der Waals surface area contributed by atoms with Crippen LogP contribution >= 0.6 is 0 Å². The third-order valence-electron chi connectivity index (χ3n) is 17.4. The molecule has 4 aromatic rings. The number of aromatic nitrogens is 1. The van der Waals surface area contributed by atoms with Gasteiger partial charge >= 0.3 is 24.3 Å². The summed E-state index contributed by atoms with van der Waals surface area (Å²) in [5.41, 5.74) is -2.33. The fourth-order valence-electron chi connectivity index (χ4n) is 14.8. The van der Waals surface area contributed by atoms with Gasteiger partial charge in [0.25, 0.3) is 5.91 Å². The van der Waals surface area contributed by atoms with Crippen LogP contribution in [0.3, 0.4) is 0 Å². The molecule has 0 radical (unpaired) electrons. The Morgan fingerprint density at radius 3 is 2.32 bits per heavy atom. The summed E-state index contributed by atoms with van der Waals surface area (Å²) in [6.07, 6.45) is 0.337. The Balaban J connectivity index is 1.17. The van der Waals surface area contributed by atoms with E-state index < -0.39 is 81.5 Å². The van der Waals surface area contributed by atoms with Gasteiger partial charge in [-0.2, -0.15) is 0 Å². The highest BCUT2D eigenvalue weighted by Gasteiger charge is 2.80. The van der Waals surface area contributed by atoms with Crippen molar-refractivity contribution in [3.05, 3.63) is 101 Å². The number of hydrogen-bond acceptors (Lipinski definition) is 13. The number of methoxy groups -OCH3 is 3. The summed E-state index contributed by atoms with van der Waals surface area (Å²) in [4.78, 5) is 67.9. The lowest BCUT2D eigenvalue weighted by atomic mass is 9.47. The number of nitrogens with zero attached hydrogens (tertiary/aromatic N) is 3. The van der Waals surface area contributed by atoms with E-state index in [0.717, 1.165) is 34.2 Å². The van der Waals surface area contributed by atoms with Crippen molar-refractivity contribution < 1.29 is 61.1 Å². The fourth-order valence-corrected chi connectivity index (χ4v) is 14.8. The van der Waals surface area contributed by atoms with Gasteiger partial charge in [-0.1, -0.05) is 44.2 Å². The number of amides is 1. The summed E-state index contributed by atoms with van der Waals surface area (Å²) in [7, 11) is 5.97. The summed E-state index contributed by atoms with van der Waals surface area (Å²) in [5, 5.41) is 17.7. The number of para-hydroxylation sites is 1. The summed E-state index contributed by atoms with van der Waals surface area (Å²) in [5.74, 6) is -2.92. The summed E-state index contributed by atoms with van der Waals surface area (Å²) < 4.78 is 67.2. The number of nitrogens with one attached hydrogen (secondary N) is 2. The molecule has 384 valence electrons. The number of H-pyrrole nitrogens is 1. The van der Waals surface area contributed by atoms with Gasteiger partial charge in [0.2, 0.25) is 5.60 Å². The number of hydrogen-bond donors (Lipinski definition) is 3. The van der Waals surface area contributed by atoms with Crippen LogP contribution in [0.15, 0.2) is 72.8 Å². The van der Waals surface area contributed by atoms with E-state index >= 15 is 4.79 Å². The Morgan fingerprint density at radius 2 is 1.65 bits per heavy atom. The van der Waals surface area contributed by atoms with Crippen molar-refractivity contribution in [2.24, 2.45) is 11.3 Å². The first-order chi connectivity index (χ1) is 34.3. The summed E-state index contributed by atoms with van der Waals surface area (Å²) in [6.45, 7) is 8.03. The highest BCUT2D eigenvalue weighted by Crippen LogP contribution is 2.68. The molecule has 72 heavy (non-hydrogen) atoms. The number of rotatable bonds is 10. The number of likely N-dealkylation sites (N-methyl/N-ethyl adjacent to an activating group) is 1. The molecule has 1 amide bonds. The molecule has 6 heterocycles. The first-order valence-electron chi connectivity index (χ1n) is 24.7. The van der Waals surface area contributed by atoms with Crippen LogP contribution in [-0.2, 0) is 45.8 Å². The molecule has 1 aromatic heterocycles. The van der Waals surface area contributed by atoms with Crippen molar-refractivity contribution in [3.63, 3.8) is 0 Å². The van der Waals surface area contributed by atoms with Crippen LogP contribution in [0, 0.1) is 11.3 Å². The van der Waals surface area contributed by atoms with Crippen LogP contribution in [0.4, 0.5) is 18.9 Å². The smallest absolute Gasteiger partial charge is 0.496 e. The maximum Gasteiger partial charge on any atom is 0.573 e. The van der Waals surface area contributed by atoms with Crippen LogP contribution < -0.4 is 19.7 Å². The lowest BCUT2D eigenvalue weighted by molar-refractivity contribution is -0.274. The van der Waals surface area contributed by atoms with Gasteiger partial charge in [0.15, 0.2) is 6.10 Å². The SMILES string of the molecule is CC[C@]1(NC(=O)c2ccc(OC(F)(F)F)cc2)C[C@H]2CN(CCc3c([nH]c4ccccc34)[C@@](C(=O)OC)(c3cc4c(cc3OC)N(C)[C@H]3[C@@](O)(C(=O)OC)[C@H](OC(C)=O)[C@]5(CC)C=CCN6CC[C@]43[C@@H]65)C2)C1. The zero-order chi connectivity index (χ0) is 51.3. The number of aromatic amines is 1. The van der Waals surface area contributed by atoms with Crippen LogP contribution in [0.25, 0.3) is 10.9 Å². The van der Waals surface area contributed by atoms with Crippen molar-refractivity contribution in [1.29, 1.82) is 0 Å². The van der Waals surface area contributed by atoms with Crippen LogP contribution in [0.1, 0.15) is 85.6 Å². The summed E-state index contributed by atoms with van der Waals surface area (Å²) >= 11 is 0. The van der Waals surface area contributed by atoms with Gasteiger partial charge in [0.05, 0.1) is 32.9 Å². The molecular formula is C54H62F3N5O10. The van der Waals surface area contributed by atoms with Crippen molar-refractivity contribution in [2.45, 2.75) is 106 Å². The normalized spacial score (nSPS) is 32.5.